The number of benzene rings is 9. The van der Waals surface area contributed by atoms with Crippen LogP contribution in [-0.4, -0.2) is 0 Å². The minimum Gasteiger partial charge on any atom is -0.456 e. The van der Waals surface area contributed by atoms with Crippen LogP contribution in [0.2, 0.25) is 0 Å². The molecule has 0 aliphatic carbocycles. The Balaban J connectivity index is 1.05. The maximum absolute atomic E-state index is 6.88. The summed E-state index contributed by atoms with van der Waals surface area (Å²) in [6.45, 7) is 13.1. The van der Waals surface area contributed by atoms with Gasteiger partial charge in [-0.3, -0.25) is 0 Å². The van der Waals surface area contributed by atoms with E-state index in [1.807, 2.05) is 0 Å². The quantitative estimate of drug-likeness (QED) is 0.168. The molecule has 0 spiro atoms. The molecule has 11 aromatic rings. The lowest BCUT2D eigenvalue weighted by molar-refractivity contribution is 0.660. The van der Waals surface area contributed by atoms with Crippen LogP contribution in [0.25, 0.3) is 65.4 Å². The van der Waals surface area contributed by atoms with E-state index in [1.165, 1.54) is 22.3 Å². The number of anilines is 6. The standard InChI is InChI=1S/C56H44N2O2/c1-33-15-7-11-19-47(33)57(48-20-12-8-16-34(48)2)43-25-23-39-29-45-51(31-41(39)27-43)59-55-38(6)54-46-30-40-24-26-44(28-42(40)32-52(46)60-56(54)37(5)53(45)55)58(49-21-13-9-17-35(49)3)50-22-14-10-18-36(50)4/h7-32H,1-6H3. The number of rotatable bonds is 6. The predicted octanol–water partition coefficient (Wildman–Crippen LogP) is 16.6. The molecule has 0 atom stereocenters. The molecular weight excluding hydrogens is 733 g/mol. The van der Waals surface area contributed by atoms with Crippen molar-refractivity contribution in [2.45, 2.75) is 41.5 Å². The molecule has 4 nitrogen and oxygen atoms in total. The highest BCUT2D eigenvalue weighted by Gasteiger charge is 2.23. The maximum Gasteiger partial charge on any atom is 0.139 e. The third kappa shape index (κ3) is 5.51. The van der Waals surface area contributed by atoms with Crippen LogP contribution in [0.5, 0.6) is 0 Å². The van der Waals surface area contributed by atoms with Gasteiger partial charge in [-0.1, -0.05) is 84.9 Å². The van der Waals surface area contributed by atoms with Crippen LogP contribution in [0.4, 0.5) is 34.1 Å². The van der Waals surface area contributed by atoms with E-state index in [-0.39, 0.29) is 0 Å². The summed E-state index contributed by atoms with van der Waals surface area (Å²) < 4.78 is 13.8. The Hall–Kier alpha value is -7.30. The van der Waals surface area contributed by atoms with Gasteiger partial charge in [0, 0.05) is 66.8 Å². The number of aryl methyl sites for hydroxylation is 6. The molecule has 0 unspecified atom stereocenters. The molecule has 0 saturated carbocycles. The van der Waals surface area contributed by atoms with E-state index >= 15 is 0 Å². The second-order valence-electron chi connectivity index (χ2n) is 16.4. The van der Waals surface area contributed by atoms with E-state index in [2.05, 4.69) is 209 Å². The first-order chi connectivity index (χ1) is 29.2. The van der Waals surface area contributed by atoms with Gasteiger partial charge < -0.3 is 18.6 Å². The van der Waals surface area contributed by atoms with Gasteiger partial charge >= 0.3 is 0 Å². The number of furan rings is 2. The van der Waals surface area contributed by atoms with E-state index in [0.717, 1.165) is 111 Å². The smallest absolute Gasteiger partial charge is 0.139 e. The normalized spacial score (nSPS) is 11.8. The number of hydrogen-bond donors (Lipinski definition) is 0. The highest BCUT2D eigenvalue weighted by molar-refractivity contribution is 6.22. The fourth-order valence-electron chi connectivity index (χ4n) is 9.51. The summed E-state index contributed by atoms with van der Waals surface area (Å²) in [5.41, 5.74) is 17.5. The second-order valence-corrected chi connectivity index (χ2v) is 16.4. The maximum atomic E-state index is 6.88. The molecule has 4 heteroatoms. The predicted molar refractivity (Wildman–Crippen MR) is 254 cm³/mol. The Morgan fingerprint density at radius 3 is 1.00 bits per heavy atom. The Bertz CT molecular complexity index is 3210. The van der Waals surface area contributed by atoms with Gasteiger partial charge in [0.25, 0.3) is 0 Å². The van der Waals surface area contributed by atoms with Crippen molar-refractivity contribution in [1.29, 1.82) is 0 Å². The number of nitrogens with zero attached hydrogens (tertiary/aromatic N) is 2. The number of fused-ring (bicyclic) bond motifs is 8. The zero-order chi connectivity index (χ0) is 40.8. The average Bonchev–Trinajstić information content (AvgIpc) is 3.83. The lowest BCUT2D eigenvalue weighted by Gasteiger charge is -2.28. The van der Waals surface area contributed by atoms with Crippen LogP contribution >= 0.6 is 0 Å². The highest BCUT2D eigenvalue weighted by atomic mass is 16.3. The molecule has 0 bridgehead atoms. The van der Waals surface area contributed by atoms with Crippen molar-refractivity contribution in [3.63, 3.8) is 0 Å². The van der Waals surface area contributed by atoms with Crippen LogP contribution in [0.15, 0.2) is 167 Å². The lowest BCUT2D eigenvalue weighted by Crippen LogP contribution is -2.12. The van der Waals surface area contributed by atoms with Gasteiger partial charge in [0.2, 0.25) is 0 Å². The number of para-hydroxylation sites is 4. The Morgan fingerprint density at radius 2 is 0.667 bits per heavy atom. The third-order valence-corrected chi connectivity index (χ3v) is 12.6. The van der Waals surface area contributed by atoms with Crippen molar-refractivity contribution in [2.75, 3.05) is 9.80 Å². The van der Waals surface area contributed by atoms with Gasteiger partial charge in [0.05, 0.1) is 0 Å². The third-order valence-electron chi connectivity index (χ3n) is 12.6. The summed E-state index contributed by atoms with van der Waals surface area (Å²) in [6, 6.07) is 56.9. The summed E-state index contributed by atoms with van der Waals surface area (Å²) in [6.07, 6.45) is 0. The van der Waals surface area contributed by atoms with Crippen molar-refractivity contribution in [3.05, 3.63) is 191 Å². The summed E-state index contributed by atoms with van der Waals surface area (Å²) in [5, 5.41) is 9.02. The molecule has 0 aliphatic rings. The van der Waals surface area contributed by atoms with E-state index in [4.69, 9.17) is 8.83 Å². The summed E-state index contributed by atoms with van der Waals surface area (Å²) in [7, 11) is 0. The molecule has 2 heterocycles. The molecule has 0 N–H and O–H groups in total. The van der Waals surface area contributed by atoms with Crippen molar-refractivity contribution in [3.8, 4) is 0 Å². The second kappa shape index (κ2) is 13.6. The van der Waals surface area contributed by atoms with Crippen molar-refractivity contribution in [2.24, 2.45) is 0 Å². The molecule has 0 radical (unpaired) electrons. The topological polar surface area (TPSA) is 32.8 Å². The summed E-state index contributed by atoms with van der Waals surface area (Å²) >= 11 is 0. The lowest BCUT2D eigenvalue weighted by atomic mass is 9.97. The van der Waals surface area contributed by atoms with Crippen LogP contribution in [-0.2, 0) is 0 Å². The Labute approximate surface area is 349 Å². The minimum absolute atomic E-state index is 0.876. The van der Waals surface area contributed by atoms with Crippen LogP contribution in [0, 0.1) is 41.5 Å². The molecule has 2 aromatic heterocycles. The average molecular weight is 777 g/mol. The molecule has 0 fully saturated rings. The highest BCUT2D eigenvalue weighted by Crippen LogP contribution is 2.46. The molecular formula is C56H44N2O2. The molecule has 0 amide bonds. The first kappa shape index (κ1) is 35.8. The first-order valence-electron chi connectivity index (χ1n) is 20.8. The van der Waals surface area contributed by atoms with E-state index in [1.54, 1.807) is 0 Å². The first-order valence-corrected chi connectivity index (χ1v) is 20.8. The van der Waals surface area contributed by atoms with E-state index < -0.39 is 0 Å². The molecule has 0 saturated heterocycles. The molecule has 290 valence electrons. The van der Waals surface area contributed by atoms with E-state index in [0.29, 0.717) is 0 Å². The number of hydrogen-bond acceptors (Lipinski definition) is 4. The van der Waals surface area contributed by atoms with E-state index in [9.17, 15) is 0 Å². The Morgan fingerprint density at radius 1 is 0.333 bits per heavy atom. The zero-order valence-corrected chi connectivity index (χ0v) is 34.7. The Kier molecular flexibility index (Phi) is 8.15. The molecule has 11 rings (SSSR count). The fraction of sp³-hybridized carbons (Fsp3) is 0.107. The van der Waals surface area contributed by atoms with Gasteiger partial charge in [0.1, 0.15) is 22.3 Å². The van der Waals surface area contributed by atoms with Gasteiger partial charge in [0.15, 0.2) is 0 Å². The van der Waals surface area contributed by atoms with Crippen molar-refractivity contribution >= 4 is 99.5 Å². The molecule has 9 aromatic carbocycles. The minimum atomic E-state index is 0.876. The van der Waals surface area contributed by atoms with Gasteiger partial charge in [-0.2, -0.15) is 0 Å². The van der Waals surface area contributed by atoms with Gasteiger partial charge in [-0.05, 0) is 158 Å². The van der Waals surface area contributed by atoms with Crippen LogP contribution in [0.3, 0.4) is 0 Å². The van der Waals surface area contributed by atoms with Crippen molar-refractivity contribution < 1.29 is 8.83 Å². The molecule has 0 aliphatic heterocycles. The van der Waals surface area contributed by atoms with Crippen LogP contribution in [0.1, 0.15) is 33.4 Å². The van der Waals surface area contributed by atoms with Crippen LogP contribution < -0.4 is 9.80 Å². The summed E-state index contributed by atoms with van der Waals surface area (Å²) in [5.74, 6) is 0. The summed E-state index contributed by atoms with van der Waals surface area (Å²) in [4.78, 5) is 4.74. The zero-order valence-electron chi connectivity index (χ0n) is 34.7. The van der Waals surface area contributed by atoms with Gasteiger partial charge in [-0.25, -0.2) is 0 Å². The largest absolute Gasteiger partial charge is 0.456 e. The van der Waals surface area contributed by atoms with Gasteiger partial charge in [-0.15, -0.1) is 0 Å². The van der Waals surface area contributed by atoms with Crippen molar-refractivity contribution in [1.82, 2.24) is 0 Å². The fourth-order valence-corrected chi connectivity index (χ4v) is 9.51. The SMILES string of the molecule is Cc1ccccc1N(c1ccc2cc3c(cc2c1)oc1c(C)c2c(oc4cc5cc(N(c6ccccc6C)c6ccccc6C)ccc5cc42)c(C)c13)c1ccccc1C. The molecule has 60 heavy (non-hydrogen) atoms. The monoisotopic (exact) mass is 776 g/mol.